The normalized spacial score (nSPS) is 12.3. The third-order valence-electron chi connectivity index (χ3n) is 4.21. The van der Waals surface area contributed by atoms with Crippen molar-refractivity contribution in [2.75, 3.05) is 32.2 Å². The molecule has 0 aliphatic carbocycles. The van der Waals surface area contributed by atoms with Gasteiger partial charge in [-0.05, 0) is 31.9 Å². The van der Waals surface area contributed by atoms with Gasteiger partial charge in [0.05, 0.1) is 18.4 Å². The van der Waals surface area contributed by atoms with Crippen molar-refractivity contribution < 1.29 is 22.7 Å². The zero-order valence-corrected chi connectivity index (χ0v) is 17.3. The van der Waals surface area contributed by atoms with E-state index < -0.39 is 21.8 Å². The first kappa shape index (κ1) is 23.0. The fourth-order valence-corrected chi connectivity index (χ4v) is 3.31. The van der Waals surface area contributed by atoms with Gasteiger partial charge in [-0.2, -0.15) is 0 Å². The van der Waals surface area contributed by atoms with E-state index in [0.717, 1.165) is 19.1 Å². The Morgan fingerprint density at radius 3 is 2.44 bits per heavy atom. The lowest BCUT2D eigenvalue weighted by Crippen LogP contribution is -2.49. The van der Waals surface area contributed by atoms with Crippen LogP contribution in [0.25, 0.3) is 0 Å². The summed E-state index contributed by atoms with van der Waals surface area (Å²) in [5.74, 6) is -0.521. The van der Waals surface area contributed by atoms with E-state index in [4.69, 9.17) is 4.74 Å². The first-order chi connectivity index (χ1) is 12.7. The fraction of sp³-hybridized carbons (Fsp3) is 0.579. The van der Waals surface area contributed by atoms with Gasteiger partial charge in [-0.15, -0.1) is 0 Å². The maximum absolute atomic E-state index is 12.9. The second-order valence-corrected chi connectivity index (χ2v) is 8.68. The quantitative estimate of drug-likeness (QED) is 0.614. The van der Waals surface area contributed by atoms with Gasteiger partial charge in [0.2, 0.25) is 5.91 Å². The molecule has 0 bridgehead atoms. The summed E-state index contributed by atoms with van der Waals surface area (Å²) in [7, 11) is -1.80. The Morgan fingerprint density at radius 1 is 1.22 bits per heavy atom. The number of nitrogens with zero attached hydrogens (tertiary/aromatic N) is 1. The number of nitrogens with one attached hydrogen (secondary N) is 1. The molecule has 8 heteroatoms. The molecule has 7 nitrogen and oxygen atoms in total. The molecule has 1 aromatic rings. The summed E-state index contributed by atoms with van der Waals surface area (Å²) in [6, 6.07) is 5.78. The minimum atomic E-state index is -3.26. The Kier molecular flexibility index (Phi) is 9.28. The monoisotopic (exact) mass is 398 g/mol. The van der Waals surface area contributed by atoms with Crippen molar-refractivity contribution in [1.29, 1.82) is 0 Å². The number of rotatable bonds is 11. The third kappa shape index (κ3) is 7.58. The number of carbonyl (C=O) groups excluding carboxylic acids is 2. The average molecular weight is 399 g/mol. The first-order valence-electron chi connectivity index (χ1n) is 9.13. The number of methoxy groups -OCH3 is 1. The van der Waals surface area contributed by atoms with Gasteiger partial charge in [0.15, 0.2) is 0 Å². The zero-order valence-electron chi connectivity index (χ0n) is 16.5. The van der Waals surface area contributed by atoms with Gasteiger partial charge in [-0.3, -0.25) is 9.59 Å². The van der Waals surface area contributed by atoms with Crippen molar-refractivity contribution in [3.63, 3.8) is 0 Å². The molecule has 0 heterocycles. The van der Waals surface area contributed by atoms with Crippen LogP contribution in [0, 0.1) is 0 Å². The molecule has 0 aromatic heterocycles. The Bertz CT molecular complexity index is 733. The van der Waals surface area contributed by atoms with Gasteiger partial charge >= 0.3 is 0 Å². The molecule has 1 N–H and O–H groups in total. The maximum atomic E-state index is 12.9. The summed E-state index contributed by atoms with van der Waals surface area (Å²) >= 11 is 0. The molecule has 0 saturated heterocycles. The largest absolute Gasteiger partial charge is 0.496 e. The van der Waals surface area contributed by atoms with E-state index in [1.807, 2.05) is 13.8 Å². The predicted octanol–water partition coefficient (Wildman–Crippen LogP) is 1.88. The van der Waals surface area contributed by atoms with Crippen LogP contribution in [-0.4, -0.2) is 63.4 Å². The van der Waals surface area contributed by atoms with E-state index in [1.54, 1.807) is 29.2 Å². The Morgan fingerprint density at radius 2 is 1.89 bits per heavy atom. The van der Waals surface area contributed by atoms with Crippen LogP contribution >= 0.6 is 0 Å². The van der Waals surface area contributed by atoms with Crippen molar-refractivity contribution in [3.8, 4) is 5.75 Å². The number of hydrogen-bond acceptors (Lipinski definition) is 5. The molecule has 27 heavy (non-hydrogen) atoms. The van der Waals surface area contributed by atoms with Gasteiger partial charge in [0, 0.05) is 19.3 Å². The van der Waals surface area contributed by atoms with Gasteiger partial charge < -0.3 is 15.0 Å². The number of hydrogen-bond donors (Lipinski definition) is 1. The van der Waals surface area contributed by atoms with Gasteiger partial charge in [0.1, 0.15) is 21.6 Å². The third-order valence-corrected chi connectivity index (χ3v) is 5.18. The lowest BCUT2D eigenvalue weighted by atomic mass is 10.1. The van der Waals surface area contributed by atoms with E-state index in [9.17, 15) is 18.0 Å². The summed E-state index contributed by atoms with van der Waals surface area (Å²) in [6.07, 6.45) is 2.93. The molecule has 152 valence electrons. The molecule has 0 fully saturated rings. The van der Waals surface area contributed by atoms with Crippen molar-refractivity contribution in [2.24, 2.45) is 0 Å². The number of sulfone groups is 1. The smallest absolute Gasteiger partial charge is 0.255 e. The summed E-state index contributed by atoms with van der Waals surface area (Å²) in [5.41, 5.74) is 0.300. The molecule has 1 rings (SSSR count). The Hall–Kier alpha value is -2.09. The van der Waals surface area contributed by atoms with Crippen LogP contribution in [0.2, 0.25) is 0 Å². The van der Waals surface area contributed by atoms with Crippen LogP contribution in [0.4, 0.5) is 0 Å². The highest BCUT2D eigenvalue weighted by Crippen LogP contribution is 2.17. The van der Waals surface area contributed by atoms with Crippen molar-refractivity contribution in [1.82, 2.24) is 10.2 Å². The highest BCUT2D eigenvalue weighted by molar-refractivity contribution is 7.90. The topological polar surface area (TPSA) is 92.8 Å². The van der Waals surface area contributed by atoms with E-state index in [0.29, 0.717) is 24.4 Å². The summed E-state index contributed by atoms with van der Waals surface area (Å²) in [4.78, 5) is 27.2. The summed E-state index contributed by atoms with van der Waals surface area (Å²) in [5, 5.41) is 2.70. The number of carbonyl (C=O) groups is 2. The molecule has 1 aromatic carbocycles. The van der Waals surface area contributed by atoms with E-state index in [-0.39, 0.29) is 18.1 Å². The van der Waals surface area contributed by atoms with Crippen LogP contribution in [0.15, 0.2) is 24.3 Å². The van der Waals surface area contributed by atoms with Crippen LogP contribution in [0.5, 0.6) is 5.75 Å². The fourth-order valence-electron chi connectivity index (χ4n) is 2.65. The van der Waals surface area contributed by atoms with Crippen LogP contribution in [0.3, 0.4) is 0 Å². The van der Waals surface area contributed by atoms with Crippen LogP contribution in [-0.2, 0) is 14.6 Å². The number of benzene rings is 1. The first-order valence-corrected chi connectivity index (χ1v) is 11.2. The molecule has 1 unspecified atom stereocenters. The van der Waals surface area contributed by atoms with Crippen LogP contribution < -0.4 is 10.1 Å². The van der Waals surface area contributed by atoms with Gasteiger partial charge in [-0.25, -0.2) is 8.42 Å². The molecule has 0 radical (unpaired) electrons. The van der Waals surface area contributed by atoms with Gasteiger partial charge in [0.25, 0.3) is 5.91 Å². The van der Waals surface area contributed by atoms with Gasteiger partial charge in [-0.1, -0.05) is 25.5 Å². The number of para-hydroxylation sites is 1. The van der Waals surface area contributed by atoms with Crippen molar-refractivity contribution in [2.45, 2.75) is 39.2 Å². The number of amides is 2. The molecule has 0 aliphatic heterocycles. The highest BCUT2D eigenvalue weighted by Gasteiger charge is 2.27. The second-order valence-electron chi connectivity index (χ2n) is 6.42. The number of unbranched alkanes of at least 4 members (excludes halogenated alkanes) is 1. The molecular weight excluding hydrogens is 368 g/mol. The van der Waals surface area contributed by atoms with E-state index in [2.05, 4.69) is 5.32 Å². The average Bonchev–Trinajstić information content (AvgIpc) is 2.64. The van der Waals surface area contributed by atoms with Crippen molar-refractivity contribution >= 4 is 21.7 Å². The lowest BCUT2D eigenvalue weighted by molar-refractivity contribution is -0.133. The SMILES string of the molecule is CCCCN(CC)C(=O)C(CCS(C)(=O)=O)NC(=O)c1ccccc1OC. The highest BCUT2D eigenvalue weighted by atomic mass is 32.2. The predicted molar refractivity (Wildman–Crippen MR) is 106 cm³/mol. The standard InChI is InChI=1S/C19H30N2O5S/c1-5-7-13-21(6-2)19(23)16(12-14-27(4,24)25)20-18(22)15-10-8-9-11-17(15)26-3/h8-11,16H,5-7,12-14H2,1-4H3,(H,20,22). The summed E-state index contributed by atoms with van der Waals surface area (Å²) in [6.45, 7) is 4.97. The Balaban J connectivity index is 3.02. The number of ether oxygens (including phenoxy) is 1. The molecular formula is C19H30N2O5S. The lowest BCUT2D eigenvalue weighted by Gasteiger charge is -2.27. The zero-order chi connectivity index (χ0) is 20.4. The minimum Gasteiger partial charge on any atom is -0.496 e. The Labute approximate surface area is 162 Å². The van der Waals surface area contributed by atoms with E-state index in [1.165, 1.54) is 7.11 Å². The van der Waals surface area contributed by atoms with Crippen molar-refractivity contribution in [3.05, 3.63) is 29.8 Å². The molecule has 0 saturated carbocycles. The molecule has 0 spiro atoms. The maximum Gasteiger partial charge on any atom is 0.255 e. The molecule has 0 aliphatic rings. The second kappa shape index (κ2) is 10.9. The van der Waals surface area contributed by atoms with Crippen LogP contribution in [0.1, 0.15) is 43.5 Å². The number of likely N-dealkylation sites (N-methyl/N-ethyl adjacent to an activating group) is 1. The minimum absolute atomic E-state index is 0.0289. The molecule has 2 amide bonds. The molecule has 1 atom stereocenters. The summed E-state index contributed by atoms with van der Waals surface area (Å²) < 4.78 is 28.3. The van der Waals surface area contributed by atoms with E-state index >= 15 is 0 Å².